The highest BCUT2D eigenvalue weighted by atomic mass is 19.4. The van der Waals surface area contributed by atoms with Crippen LogP contribution in [0.15, 0.2) is 30.6 Å². The third-order valence-corrected chi connectivity index (χ3v) is 2.98. The smallest absolute Gasteiger partial charge is 0.475 e. The van der Waals surface area contributed by atoms with Gasteiger partial charge in [0.05, 0.1) is 5.60 Å². The molecule has 1 aromatic heterocycles. The van der Waals surface area contributed by atoms with Gasteiger partial charge in [-0.25, -0.2) is 4.79 Å². The van der Waals surface area contributed by atoms with Crippen molar-refractivity contribution in [2.24, 2.45) is 0 Å². The van der Waals surface area contributed by atoms with Gasteiger partial charge in [-0.05, 0) is 37.6 Å². The summed E-state index contributed by atoms with van der Waals surface area (Å²) >= 11 is 0. The number of nitrogens with one attached hydrogen (secondary N) is 1. The van der Waals surface area contributed by atoms with Crippen LogP contribution in [-0.2, 0) is 4.79 Å². The monoisotopic (exact) mass is 318 g/mol. The lowest BCUT2D eigenvalue weighted by molar-refractivity contribution is -0.192. The molecule has 0 atom stereocenters. The number of carboxylic acids is 1. The van der Waals surface area contributed by atoms with E-state index in [1.54, 1.807) is 12.4 Å². The molecule has 2 rings (SSSR count). The zero-order valence-corrected chi connectivity index (χ0v) is 11.7. The van der Waals surface area contributed by atoms with Gasteiger partial charge in [0.1, 0.15) is 0 Å². The minimum Gasteiger partial charge on any atom is -0.475 e. The molecule has 1 aliphatic rings. The summed E-state index contributed by atoms with van der Waals surface area (Å²) in [5.41, 5.74) is 0.394. The van der Waals surface area contributed by atoms with E-state index in [1.807, 2.05) is 24.3 Å². The van der Waals surface area contributed by atoms with Crippen LogP contribution in [-0.4, -0.2) is 46.0 Å². The SMILES string of the molecule is O=C(O)C(F)(F)F.OC1(/C=C/c2cccnc2)CCNCC1. The van der Waals surface area contributed by atoms with Gasteiger partial charge in [0.15, 0.2) is 0 Å². The van der Waals surface area contributed by atoms with Gasteiger partial charge in [0, 0.05) is 12.4 Å². The Hall–Kier alpha value is -1.93. The Morgan fingerprint density at radius 3 is 2.41 bits per heavy atom. The van der Waals surface area contributed by atoms with Crippen LogP contribution in [0.5, 0.6) is 0 Å². The van der Waals surface area contributed by atoms with Crippen molar-refractivity contribution < 1.29 is 28.2 Å². The molecule has 0 aromatic carbocycles. The number of rotatable bonds is 2. The highest BCUT2D eigenvalue weighted by Gasteiger charge is 2.38. The Morgan fingerprint density at radius 2 is 1.95 bits per heavy atom. The maximum Gasteiger partial charge on any atom is 0.490 e. The van der Waals surface area contributed by atoms with Crippen LogP contribution in [0.3, 0.4) is 0 Å². The number of alkyl halides is 3. The average Bonchev–Trinajstić information content (AvgIpc) is 2.47. The van der Waals surface area contributed by atoms with E-state index in [1.165, 1.54) is 0 Å². The third-order valence-electron chi connectivity index (χ3n) is 2.98. The van der Waals surface area contributed by atoms with Crippen molar-refractivity contribution in [2.75, 3.05) is 13.1 Å². The van der Waals surface area contributed by atoms with Gasteiger partial charge < -0.3 is 15.5 Å². The molecule has 1 aliphatic heterocycles. The van der Waals surface area contributed by atoms with Gasteiger partial charge in [-0.1, -0.05) is 18.2 Å². The summed E-state index contributed by atoms with van der Waals surface area (Å²) in [5, 5.41) is 20.5. The first-order valence-electron chi connectivity index (χ1n) is 6.55. The van der Waals surface area contributed by atoms with Crippen LogP contribution in [0.25, 0.3) is 6.08 Å². The average molecular weight is 318 g/mol. The summed E-state index contributed by atoms with van der Waals surface area (Å²) in [6.45, 7) is 1.77. The van der Waals surface area contributed by atoms with Gasteiger partial charge in [-0.15, -0.1) is 0 Å². The van der Waals surface area contributed by atoms with Gasteiger partial charge in [0.25, 0.3) is 0 Å². The molecule has 5 nitrogen and oxygen atoms in total. The molecule has 0 bridgehead atoms. The number of halogens is 3. The van der Waals surface area contributed by atoms with E-state index in [-0.39, 0.29) is 0 Å². The quantitative estimate of drug-likeness (QED) is 0.775. The van der Waals surface area contributed by atoms with Crippen LogP contribution in [0, 0.1) is 0 Å². The molecule has 8 heteroatoms. The Balaban J connectivity index is 0.000000295. The van der Waals surface area contributed by atoms with Crippen molar-refractivity contribution in [2.45, 2.75) is 24.6 Å². The molecule has 0 radical (unpaired) electrons. The van der Waals surface area contributed by atoms with E-state index in [4.69, 9.17) is 9.90 Å². The van der Waals surface area contributed by atoms with Gasteiger partial charge >= 0.3 is 12.1 Å². The first-order chi connectivity index (χ1) is 10.2. The van der Waals surface area contributed by atoms with Gasteiger partial charge in [-0.2, -0.15) is 13.2 Å². The Labute approximate surface area is 125 Å². The predicted molar refractivity (Wildman–Crippen MR) is 74.0 cm³/mol. The van der Waals surface area contributed by atoms with E-state index in [0.29, 0.717) is 0 Å². The molecule has 0 amide bonds. The molecule has 0 spiro atoms. The lowest BCUT2D eigenvalue weighted by Gasteiger charge is -2.29. The van der Waals surface area contributed by atoms with Crippen molar-refractivity contribution in [3.63, 3.8) is 0 Å². The highest BCUT2D eigenvalue weighted by Crippen LogP contribution is 2.20. The van der Waals surface area contributed by atoms with Crippen LogP contribution in [0.1, 0.15) is 18.4 Å². The van der Waals surface area contributed by atoms with Crippen molar-refractivity contribution in [3.8, 4) is 0 Å². The number of hydrogen-bond acceptors (Lipinski definition) is 4. The fourth-order valence-electron chi connectivity index (χ4n) is 1.75. The zero-order valence-electron chi connectivity index (χ0n) is 11.7. The number of nitrogens with zero attached hydrogens (tertiary/aromatic N) is 1. The number of carboxylic acid groups (broad SMARTS) is 1. The number of hydrogen-bond donors (Lipinski definition) is 3. The van der Waals surface area contributed by atoms with E-state index in [0.717, 1.165) is 31.5 Å². The van der Waals surface area contributed by atoms with Crippen LogP contribution >= 0.6 is 0 Å². The maximum absolute atomic E-state index is 10.6. The fraction of sp³-hybridized carbons (Fsp3) is 0.429. The van der Waals surface area contributed by atoms with Crippen molar-refractivity contribution >= 4 is 12.0 Å². The largest absolute Gasteiger partial charge is 0.490 e. The summed E-state index contributed by atoms with van der Waals surface area (Å²) < 4.78 is 31.7. The standard InChI is InChI=1S/C12H16N2O.C2HF3O2/c15-12(5-8-13-9-6-12)4-3-11-2-1-7-14-10-11;3-2(4,5)1(6)7/h1-4,7,10,13,15H,5-6,8-9H2;(H,6,7)/b4-3+;. The second kappa shape index (κ2) is 7.90. The first kappa shape index (κ1) is 18.1. The van der Waals surface area contributed by atoms with Crippen molar-refractivity contribution in [1.82, 2.24) is 10.3 Å². The second-order valence-corrected chi connectivity index (χ2v) is 4.78. The first-order valence-corrected chi connectivity index (χ1v) is 6.55. The van der Waals surface area contributed by atoms with Crippen molar-refractivity contribution in [1.29, 1.82) is 0 Å². The van der Waals surface area contributed by atoms with Gasteiger partial charge in [-0.3, -0.25) is 4.98 Å². The Bertz CT molecular complexity index is 498. The molecule has 3 N–H and O–H groups in total. The zero-order chi connectivity index (χ0) is 16.6. The topological polar surface area (TPSA) is 82.5 Å². The van der Waals surface area contributed by atoms with Gasteiger partial charge in [0.2, 0.25) is 0 Å². The normalized spacial score (nSPS) is 17.6. The molecule has 0 unspecified atom stereocenters. The van der Waals surface area contributed by atoms with Crippen LogP contribution in [0.4, 0.5) is 13.2 Å². The molecule has 1 aromatic rings. The number of aliphatic hydroxyl groups is 1. The molecule has 0 aliphatic carbocycles. The summed E-state index contributed by atoms with van der Waals surface area (Å²) in [5.74, 6) is -2.76. The van der Waals surface area contributed by atoms with Crippen LogP contribution in [0.2, 0.25) is 0 Å². The Kier molecular flexibility index (Phi) is 6.51. The molecule has 22 heavy (non-hydrogen) atoms. The summed E-state index contributed by atoms with van der Waals surface area (Å²) in [6.07, 6.45) is 3.86. The molecular formula is C14H17F3N2O3. The van der Waals surface area contributed by atoms with E-state index < -0.39 is 17.7 Å². The number of carbonyl (C=O) groups is 1. The summed E-state index contributed by atoms with van der Waals surface area (Å²) in [6, 6.07) is 3.88. The third kappa shape index (κ3) is 6.68. The summed E-state index contributed by atoms with van der Waals surface area (Å²) in [7, 11) is 0. The number of piperidine rings is 1. The molecule has 1 fully saturated rings. The number of aliphatic carboxylic acids is 1. The van der Waals surface area contributed by atoms with Crippen LogP contribution < -0.4 is 5.32 Å². The fourth-order valence-corrected chi connectivity index (χ4v) is 1.75. The lowest BCUT2D eigenvalue weighted by atomic mass is 9.91. The Morgan fingerprint density at radius 1 is 1.36 bits per heavy atom. The molecule has 122 valence electrons. The molecular weight excluding hydrogens is 301 g/mol. The highest BCUT2D eigenvalue weighted by molar-refractivity contribution is 5.73. The number of pyridine rings is 1. The minimum atomic E-state index is -5.08. The molecule has 0 saturated carbocycles. The number of aromatic nitrogens is 1. The second-order valence-electron chi connectivity index (χ2n) is 4.78. The van der Waals surface area contributed by atoms with Crippen molar-refractivity contribution in [3.05, 3.63) is 36.2 Å². The maximum atomic E-state index is 10.6. The molecule has 2 heterocycles. The molecule has 1 saturated heterocycles. The van der Waals surface area contributed by atoms with E-state index in [2.05, 4.69) is 10.3 Å². The lowest BCUT2D eigenvalue weighted by Crippen LogP contribution is -2.40. The minimum absolute atomic E-state index is 0.638. The van der Waals surface area contributed by atoms with E-state index in [9.17, 15) is 18.3 Å². The predicted octanol–water partition coefficient (Wildman–Crippen LogP) is 1.84. The summed E-state index contributed by atoms with van der Waals surface area (Å²) in [4.78, 5) is 12.9. The van der Waals surface area contributed by atoms with E-state index >= 15 is 0 Å².